The Hall–Kier alpha value is -2.84. The van der Waals surface area contributed by atoms with Crippen LogP contribution in [0, 0.1) is 0 Å². The normalized spacial score (nSPS) is 16.5. The van der Waals surface area contributed by atoms with E-state index >= 15 is 0 Å². The van der Waals surface area contributed by atoms with Gasteiger partial charge in [-0.05, 0) is 18.1 Å². The summed E-state index contributed by atoms with van der Waals surface area (Å²) < 4.78 is 41.1. The number of anilines is 1. The summed E-state index contributed by atoms with van der Waals surface area (Å²) in [5.74, 6) is -0.291. The molecule has 132 valence electrons. The molecule has 0 saturated carbocycles. The summed E-state index contributed by atoms with van der Waals surface area (Å²) >= 11 is 0. The number of carbonyl (C=O) groups is 1. The summed E-state index contributed by atoms with van der Waals surface area (Å²) in [4.78, 5) is 21.6. The molecule has 2 heterocycles. The van der Waals surface area contributed by atoms with E-state index in [-0.39, 0.29) is 17.7 Å². The molecule has 0 saturated heterocycles. The van der Waals surface area contributed by atoms with Gasteiger partial charge in [0.2, 0.25) is 5.88 Å². The number of aromatic nitrogens is 2. The molecule has 0 unspecified atom stereocenters. The minimum absolute atomic E-state index is 0.0211. The maximum Gasteiger partial charge on any atom is 0.422 e. The number of ether oxygens (including phenoxy) is 1. The zero-order chi connectivity index (χ0) is 18.0. The molecule has 1 atom stereocenters. The van der Waals surface area contributed by atoms with E-state index in [4.69, 9.17) is 0 Å². The van der Waals surface area contributed by atoms with E-state index < -0.39 is 18.8 Å². The van der Waals surface area contributed by atoms with Crippen LogP contribution in [-0.2, 0) is 6.54 Å². The Bertz CT molecular complexity index is 782. The van der Waals surface area contributed by atoms with Crippen LogP contribution >= 0.6 is 0 Å². The Morgan fingerprint density at radius 2 is 2.12 bits per heavy atom. The highest BCUT2D eigenvalue weighted by Gasteiger charge is 2.31. The Morgan fingerprint density at radius 3 is 2.84 bits per heavy atom. The number of benzene rings is 1. The third-order valence-electron chi connectivity index (χ3n) is 3.81. The summed E-state index contributed by atoms with van der Waals surface area (Å²) in [6, 6.07) is 7.19. The Morgan fingerprint density at radius 1 is 1.36 bits per heavy atom. The van der Waals surface area contributed by atoms with Crippen molar-refractivity contribution in [3.8, 4) is 5.88 Å². The Kier molecular flexibility index (Phi) is 4.47. The summed E-state index contributed by atoms with van der Waals surface area (Å²) in [7, 11) is 0. The highest BCUT2D eigenvalue weighted by molar-refractivity contribution is 5.89. The van der Waals surface area contributed by atoms with Crippen molar-refractivity contribution in [1.29, 1.82) is 0 Å². The van der Waals surface area contributed by atoms with Gasteiger partial charge in [-0.25, -0.2) is 4.79 Å². The van der Waals surface area contributed by atoms with Crippen molar-refractivity contribution in [3.63, 3.8) is 0 Å². The summed E-state index contributed by atoms with van der Waals surface area (Å²) in [5, 5.41) is 2.54. The SMILES string of the molecule is C[C@H]1c2ccccc2CN1C(=O)Nc1cncc(OCC(F)(F)F)n1. The Balaban J connectivity index is 1.66. The predicted molar refractivity (Wildman–Crippen MR) is 83.0 cm³/mol. The van der Waals surface area contributed by atoms with Gasteiger partial charge in [-0.2, -0.15) is 18.2 Å². The first kappa shape index (κ1) is 17.0. The van der Waals surface area contributed by atoms with Gasteiger partial charge in [0.25, 0.3) is 0 Å². The lowest BCUT2D eigenvalue weighted by atomic mass is 10.1. The maximum absolute atomic E-state index is 12.4. The fraction of sp³-hybridized carbons (Fsp3) is 0.312. The van der Waals surface area contributed by atoms with Crippen LogP contribution < -0.4 is 10.1 Å². The summed E-state index contributed by atoms with van der Waals surface area (Å²) in [6.45, 7) is 0.873. The number of nitrogens with one attached hydrogen (secondary N) is 1. The van der Waals surface area contributed by atoms with E-state index in [2.05, 4.69) is 20.0 Å². The topological polar surface area (TPSA) is 67.4 Å². The summed E-state index contributed by atoms with van der Waals surface area (Å²) in [6.07, 6.45) is -2.18. The Labute approximate surface area is 141 Å². The van der Waals surface area contributed by atoms with Crippen LogP contribution in [0.1, 0.15) is 24.1 Å². The fourth-order valence-corrected chi connectivity index (χ4v) is 2.64. The third kappa shape index (κ3) is 3.98. The van der Waals surface area contributed by atoms with E-state index in [1.807, 2.05) is 31.2 Å². The van der Waals surface area contributed by atoms with Crippen molar-refractivity contribution in [3.05, 3.63) is 47.8 Å². The van der Waals surface area contributed by atoms with Gasteiger partial charge < -0.3 is 9.64 Å². The maximum atomic E-state index is 12.4. The van der Waals surface area contributed by atoms with Crippen LogP contribution in [0.2, 0.25) is 0 Å². The van der Waals surface area contributed by atoms with Gasteiger partial charge in [-0.3, -0.25) is 10.3 Å². The van der Waals surface area contributed by atoms with Crippen molar-refractivity contribution in [2.24, 2.45) is 0 Å². The van der Waals surface area contributed by atoms with Gasteiger partial charge in [0, 0.05) is 6.54 Å². The average Bonchev–Trinajstić information content (AvgIpc) is 2.90. The standard InChI is InChI=1S/C16H15F3N4O2/c1-10-12-5-3-2-4-11(12)8-23(10)15(24)22-13-6-20-7-14(21-13)25-9-16(17,18)19/h2-7,10H,8-9H2,1H3,(H,21,22,24)/t10-/m0/s1. The van der Waals surface area contributed by atoms with Crippen molar-refractivity contribution >= 4 is 11.8 Å². The molecule has 0 radical (unpaired) electrons. The zero-order valence-corrected chi connectivity index (χ0v) is 13.2. The molecule has 1 aliphatic rings. The number of rotatable bonds is 3. The number of hydrogen-bond donors (Lipinski definition) is 1. The molecule has 2 aromatic rings. The molecule has 0 fully saturated rings. The first-order valence-electron chi connectivity index (χ1n) is 7.50. The molecule has 3 rings (SSSR count). The number of hydrogen-bond acceptors (Lipinski definition) is 4. The first-order chi connectivity index (χ1) is 11.8. The van der Waals surface area contributed by atoms with E-state index in [9.17, 15) is 18.0 Å². The number of fused-ring (bicyclic) bond motifs is 1. The van der Waals surface area contributed by atoms with Crippen LogP contribution in [0.5, 0.6) is 5.88 Å². The van der Waals surface area contributed by atoms with Crippen LogP contribution in [0.4, 0.5) is 23.8 Å². The molecule has 1 N–H and O–H groups in total. The number of urea groups is 1. The average molecular weight is 352 g/mol. The predicted octanol–water partition coefficient (Wildman–Crippen LogP) is 3.53. The smallest absolute Gasteiger partial charge is 0.422 e. The van der Waals surface area contributed by atoms with Crippen LogP contribution in [0.15, 0.2) is 36.7 Å². The first-order valence-corrected chi connectivity index (χ1v) is 7.50. The summed E-state index contributed by atoms with van der Waals surface area (Å²) in [5.41, 5.74) is 2.12. The lowest BCUT2D eigenvalue weighted by Crippen LogP contribution is -2.32. The second kappa shape index (κ2) is 6.58. The molecule has 6 nitrogen and oxygen atoms in total. The number of halogens is 3. The zero-order valence-electron chi connectivity index (χ0n) is 13.2. The van der Waals surface area contributed by atoms with Crippen molar-refractivity contribution < 1.29 is 22.7 Å². The second-order valence-electron chi connectivity index (χ2n) is 5.58. The molecular formula is C16H15F3N4O2. The van der Waals surface area contributed by atoms with Gasteiger partial charge >= 0.3 is 12.2 Å². The minimum Gasteiger partial charge on any atom is -0.467 e. The molecule has 0 aliphatic carbocycles. The van der Waals surface area contributed by atoms with Gasteiger partial charge in [-0.1, -0.05) is 24.3 Å². The second-order valence-corrected chi connectivity index (χ2v) is 5.58. The van der Waals surface area contributed by atoms with Gasteiger partial charge in [0.05, 0.1) is 18.4 Å². The van der Waals surface area contributed by atoms with E-state index in [0.29, 0.717) is 6.54 Å². The molecule has 0 bridgehead atoms. The number of amides is 2. The van der Waals surface area contributed by atoms with Gasteiger partial charge in [-0.15, -0.1) is 0 Å². The molecule has 1 aliphatic heterocycles. The lowest BCUT2D eigenvalue weighted by Gasteiger charge is -2.22. The largest absolute Gasteiger partial charge is 0.467 e. The quantitative estimate of drug-likeness (QED) is 0.918. The molecule has 25 heavy (non-hydrogen) atoms. The highest BCUT2D eigenvalue weighted by Crippen LogP contribution is 2.33. The van der Waals surface area contributed by atoms with E-state index in [1.165, 1.54) is 6.20 Å². The van der Waals surface area contributed by atoms with Crippen molar-refractivity contribution in [1.82, 2.24) is 14.9 Å². The van der Waals surface area contributed by atoms with Crippen molar-refractivity contribution in [2.45, 2.75) is 25.7 Å². The number of nitrogens with zero attached hydrogens (tertiary/aromatic N) is 3. The van der Waals surface area contributed by atoms with Gasteiger partial charge in [0.15, 0.2) is 12.4 Å². The van der Waals surface area contributed by atoms with E-state index in [0.717, 1.165) is 17.3 Å². The minimum atomic E-state index is -4.47. The third-order valence-corrected chi connectivity index (χ3v) is 3.81. The van der Waals surface area contributed by atoms with Crippen LogP contribution in [0.3, 0.4) is 0 Å². The van der Waals surface area contributed by atoms with Gasteiger partial charge in [0.1, 0.15) is 0 Å². The molecule has 2 amide bonds. The molecule has 9 heteroatoms. The molecule has 1 aromatic heterocycles. The van der Waals surface area contributed by atoms with Crippen LogP contribution in [0.25, 0.3) is 0 Å². The molecule has 0 spiro atoms. The number of carbonyl (C=O) groups excluding carboxylic acids is 1. The van der Waals surface area contributed by atoms with Crippen molar-refractivity contribution in [2.75, 3.05) is 11.9 Å². The fourth-order valence-electron chi connectivity index (χ4n) is 2.64. The van der Waals surface area contributed by atoms with Crippen LogP contribution in [-0.4, -0.2) is 33.7 Å². The molecule has 1 aromatic carbocycles. The molecular weight excluding hydrogens is 337 g/mol. The number of alkyl halides is 3. The monoisotopic (exact) mass is 352 g/mol. The highest BCUT2D eigenvalue weighted by atomic mass is 19.4. The van der Waals surface area contributed by atoms with E-state index in [1.54, 1.807) is 4.90 Å². The lowest BCUT2D eigenvalue weighted by molar-refractivity contribution is -0.154.